The van der Waals surface area contributed by atoms with E-state index in [0.717, 1.165) is 67.2 Å². The van der Waals surface area contributed by atoms with E-state index in [0.29, 0.717) is 0 Å². The fourth-order valence-corrected chi connectivity index (χ4v) is 4.61. The summed E-state index contributed by atoms with van der Waals surface area (Å²) in [4.78, 5) is 19.4. The van der Waals surface area contributed by atoms with E-state index >= 15 is 0 Å². The molecule has 1 aliphatic heterocycles. The Hall–Kier alpha value is -2.44. The van der Waals surface area contributed by atoms with E-state index in [9.17, 15) is 4.79 Å². The van der Waals surface area contributed by atoms with E-state index in [1.807, 2.05) is 47.4 Å². The normalized spacial score (nSPS) is 17.3. The molecule has 0 aliphatic carbocycles. The number of rotatable bonds is 5. The lowest BCUT2D eigenvalue weighted by atomic mass is 10.2. The van der Waals surface area contributed by atoms with Gasteiger partial charge in [0, 0.05) is 30.9 Å². The number of thiazole rings is 1. The molecule has 4 rings (SSSR count). The van der Waals surface area contributed by atoms with E-state index in [1.165, 1.54) is 4.70 Å². The number of likely N-dealkylation sites (tertiary alicyclic amines) is 1. The van der Waals surface area contributed by atoms with E-state index in [1.54, 1.807) is 11.3 Å². The second-order valence-electron chi connectivity index (χ2n) is 7.41. The Kier molecular flexibility index (Phi) is 6.42. The molecule has 1 N–H and O–H groups in total. The molecule has 3 aromatic rings. The van der Waals surface area contributed by atoms with Crippen LogP contribution in [0.25, 0.3) is 20.8 Å². The van der Waals surface area contributed by atoms with Crippen LogP contribution in [0.2, 0.25) is 0 Å². The number of carbonyl (C=O) groups excluding carboxylic acids is 1. The molecule has 29 heavy (non-hydrogen) atoms. The van der Waals surface area contributed by atoms with Crippen molar-refractivity contribution in [1.29, 1.82) is 0 Å². The van der Waals surface area contributed by atoms with Gasteiger partial charge in [-0.25, -0.2) is 9.78 Å². The molecule has 0 saturated carbocycles. The number of carbonyl (C=O) groups is 1. The predicted octanol–water partition coefficient (Wildman–Crippen LogP) is 5.78. The summed E-state index contributed by atoms with van der Waals surface area (Å²) in [5.74, 6) is 0. The van der Waals surface area contributed by atoms with Gasteiger partial charge in [-0.05, 0) is 49.9 Å². The number of nitrogens with one attached hydrogen (secondary N) is 1. The summed E-state index contributed by atoms with van der Waals surface area (Å²) in [7, 11) is 0. The highest BCUT2D eigenvalue weighted by Gasteiger charge is 2.21. The van der Waals surface area contributed by atoms with Crippen molar-refractivity contribution < 1.29 is 9.53 Å². The highest BCUT2D eigenvalue weighted by molar-refractivity contribution is 7.21. The zero-order valence-corrected chi connectivity index (χ0v) is 17.6. The zero-order valence-electron chi connectivity index (χ0n) is 16.8. The minimum absolute atomic E-state index is 0.0393. The summed E-state index contributed by atoms with van der Waals surface area (Å²) in [6.07, 6.45) is 4.21. The number of nitrogens with zero attached hydrogens (tertiary/aromatic N) is 2. The number of amides is 2. The van der Waals surface area contributed by atoms with E-state index in [4.69, 9.17) is 9.72 Å². The molecule has 1 unspecified atom stereocenters. The molecule has 2 aromatic carbocycles. The second kappa shape index (κ2) is 9.37. The standard InChI is InChI=1S/C23H27N3O2S/c1-2-15-28-19-9-6-13-26(14-12-19)23(27)24-18-8-5-7-17(16-18)22-25-20-10-3-4-11-21(20)29-22/h3-5,7-8,10-11,16,19H,2,6,9,12-15H2,1H3,(H,24,27). The first-order valence-corrected chi connectivity index (χ1v) is 11.2. The number of hydrogen-bond donors (Lipinski definition) is 1. The molecular formula is C23H27N3O2S. The fraction of sp³-hybridized carbons (Fsp3) is 0.391. The van der Waals surface area contributed by atoms with Gasteiger partial charge < -0.3 is 15.0 Å². The van der Waals surface area contributed by atoms with Crippen LogP contribution in [0.3, 0.4) is 0 Å². The molecule has 1 atom stereocenters. The summed E-state index contributed by atoms with van der Waals surface area (Å²) in [5, 5.41) is 4.03. The van der Waals surface area contributed by atoms with Gasteiger partial charge in [0.15, 0.2) is 0 Å². The van der Waals surface area contributed by atoms with Crippen LogP contribution in [-0.4, -0.2) is 41.7 Å². The van der Waals surface area contributed by atoms with Crippen molar-refractivity contribution in [3.05, 3.63) is 48.5 Å². The summed E-state index contributed by atoms with van der Waals surface area (Å²) in [6.45, 7) is 4.43. The quantitative estimate of drug-likeness (QED) is 0.581. The topological polar surface area (TPSA) is 54.5 Å². The molecule has 1 fully saturated rings. The third-order valence-corrected chi connectivity index (χ3v) is 6.26. The van der Waals surface area contributed by atoms with Crippen molar-refractivity contribution >= 4 is 33.3 Å². The monoisotopic (exact) mass is 409 g/mol. The molecule has 0 radical (unpaired) electrons. The predicted molar refractivity (Wildman–Crippen MR) is 120 cm³/mol. The first-order valence-electron chi connectivity index (χ1n) is 10.4. The number of ether oxygens (including phenoxy) is 1. The zero-order chi connectivity index (χ0) is 20.1. The van der Waals surface area contributed by atoms with Crippen molar-refractivity contribution in [3.63, 3.8) is 0 Å². The second-order valence-corrected chi connectivity index (χ2v) is 8.44. The molecule has 0 spiro atoms. The Balaban J connectivity index is 1.41. The number of anilines is 1. The highest BCUT2D eigenvalue weighted by Crippen LogP contribution is 2.31. The van der Waals surface area contributed by atoms with Gasteiger partial charge in [-0.2, -0.15) is 0 Å². The van der Waals surface area contributed by atoms with E-state index in [2.05, 4.69) is 18.3 Å². The average molecular weight is 410 g/mol. The Morgan fingerprint density at radius 2 is 2.10 bits per heavy atom. The molecule has 1 aromatic heterocycles. The maximum atomic E-state index is 12.8. The number of aromatic nitrogens is 1. The first-order chi connectivity index (χ1) is 14.2. The summed E-state index contributed by atoms with van der Waals surface area (Å²) < 4.78 is 7.05. The molecule has 5 nitrogen and oxygen atoms in total. The maximum absolute atomic E-state index is 12.8. The smallest absolute Gasteiger partial charge is 0.321 e. The molecule has 1 saturated heterocycles. The summed E-state index contributed by atoms with van der Waals surface area (Å²) in [5.41, 5.74) is 2.83. The van der Waals surface area contributed by atoms with Crippen molar-refractivity contribution in [2.75, 3.05) is 25.0 Å². The molecule has 152 valence electrons. The van der Waals surface area contributed by atoms with Gasteiger partial charge in [0.2, 0.25) is 0 Å². The van der Waals surface area contributed by atoms with Crippen molar-refractivity contribution in [2.24, 2.45) is 0 Å². The van der Waals surface area contributed by atoms with Crippen LogP contribution in [0.4, 0.5) is 10.5 Å². The van der Waals surface area contributed by atoms with Crippen LogP contribution in [-0.2, 0) is 4.74 Å². The maximum Gasteiger partial charge on any atom is 0.321 e. The number of urea groups is 1. The molecule has 1 aliphatic rings. The molecule has 0 bridgehead atoms. The summed E-state index contributed by atoms with van der Waals surface area (Å²) >= 11 is 1.67. The third-order valence-electron chi connectivity index (χ3n) is 5.17. The van der Waals surface area contributed by atoms with Crippen LogP contribution < -0.4 is 5.32 Å². The number of para-hydroxylation sites is 1. The number of fused-ring (bicyclic) bond motifs is 1. The van der Waals surface area contributed by atoms with Crippen LogP contribution in [0, 0.1) is 0 Å². The van der Waals surface area contributed by atoms with Gasteiger partial charge in [0.05, 0.1) is 16.3 Å². The van der Waals surface area contributed by atoms with E-state index < -0.39 is 0 Å². The van der Waals surface area contributed by atoms with Gasteiger partial charge in [0.1, 0.15) is 5.01 Å². The van der Waals surface area contributed by atoms with Gasteiger partial charge in [-0.1, -0.05) is 31.2 Å². The summed E-state index contributed by atoms with van der Waals surface area (Å²) in [6, 6.07) is 16.0. The van der Waals surface area contributed by atoms with Crippen LogP contribution in [0.5, 0.6) is 0 Å². The van der Waals surface area contributed by atoms with Gasteiger partial charge in [-0.15, -0.1) is 11.3 Å². The average Bonchev–Trinajstić information content (AvgIpc) is 3.04. The molecule has 6 heteroatoms. The van der Waals surface area contributed by atoms with Gasteiger partial charge in [-0.3, -0.25) is 0 Å². The largest absolute Gasteiger partial charge is 0.378 e. The number of hydrogen-bond acceptors (Lipinski definition) is 4. The third kappa shape index (κ3) is 4.95. The Morgan fingerprint density at radius 1 is 1.21 bits per heavy atom. The lowest BCUT2D eigenvalue weighted by Crippen LogP contribution is -2.36. The van der Waals surface area contributed by atoms with Gasteiger partial charge in [0.25, 0.3) is 0 Å². The lowest BCUT2D eigenvalue weighted by Gasteiger charge is -2.21. The van der Waals surface area contributed by atoms with Crippen LogP contribution in [0.15, 0.2) is 48.5 Å². The first kappa shape index (κ1) is 19.9. The van der Waals surface area contributed by atoms with Crippen molar-refractivity contribution in [3.8, 4) is 10.6 Å². The van der Waals surface area contributed by atoms with Crippen LogP contribution >= 0.6 is 11.3 Å². The molecule has 2 heterocycles. The minimum atomic E-state index is -0.0393. The van der Waals surface area contributed by atoms with Gasteiger partial charge >= 0.3 is 6.03 Å². The Labute approximate surface area is 175 Å². The fourth-order valence-electron chi connectivity index (χ4n) is 3.65. The molecule has 2 amide bonds. The SMILES string of the molecule is CCCOC1CCCN(C(=O)Nc2cccc(-c3nc4ccccc4s3)c2)CC1. The molecular weight excluding hydrogens is 382 g/mol. The Bertz CT molecular complexity index is 938. The number of benzene rings is 2. The highest BCUT2D eigenvalue weighted by atomic mass is 32.1. The van der Waals surface area contributed by atoms with E-state index in [-0.39, 0.29) is 12.1 Å². The van der Waals surface area contributed by atoms with Crippen LogP contribution in [0.1, 0.15) is 32.6 Å². The lowest BCUT2D eigenvalue weighted by molar-refractivity contribution is 0.0446. The van der Waals surface area contributed by atoms with Crippen molar-refractivity contribution in [1.82, 2.24) is 9.88 Å². The minimum Gasteiger partial charge on any atom is -0.378 e. The Morgan fingerprint density at radius 3 is 2.97 bits per heavy atom. The van der Waals surface area contributed by atoms with Crippen molar-refractivity contribution in [2.45, 2.75) is 38.7 Å².